The molecule has 1 saturated carbocycles. The molecule has 1 aromatic heterocycles. The number of furan rings is 1. The maximum absolute atomic E-state index is 5.61. The second-order valence-electron chi connectivity index (χ2n) is 6.21. The summed E-state index contributed by atoms with van der Waals surface area (Å²) in [4.78, 5) is 0. The zero-order valence-corrected chi connectivity index (χ0v) is 10.3. The van der Waals surface area contributed by atoms with Crippen molar-refractivity contribution in [2.75, 3.05) is 6.54 Å². The van der Waals surface area contributed by atoms with Crippen LogP contribution in [-0.4, -0.2) is 6.54 Å². The lowest BCUT2D eigenvalue weighted by Crippen LogP contribution is -2.51. The molecule has 1 unspecified atom stereocenters. The Morgan fingerprint density at radius 2 is 2.19 bits per heavy atom. The third-order valence-corrected chi connectivity index (χ3v) is 4.31. The summed E-state index contributed by atoms with van der Waals surface area (Å²) in [7, 11) is 0. The lowest BCUT2D eigenvalue weighted by molar-refractivity contribution is 0.110. The van der Waals surface area contributed by atoms with Crippen LogP contribution in [0.3, 0.4) is 0 Å². The van der Waals surface area contributed by atoms with E-state index < -0.39 is 0 Å². The van der Waals surface area contributed by atoms with E-state index in [1.54, 1.807) is 0 Å². The smallest absolute Gasteiger partial charge is 0.110 e. The van der Waals surface area contributed by atoms with Gasteiger partial charge >= 0.3 is 0 Å². The summed E-state index contributed by atoms with van der Waals surface area (Å²) in [6.07, 6.45) is 8.09. The van der Waals surface area contributed by atoms with Gasteiger partial charge in [0.2, 0.25) is 0 Å². The molecule has 1 aliphatic carbocycles. The number of rotatable bonds is 0. The predicted molar refractivity (Wildman–Crippen MR) is 64.3 cm³/mol. The van der Waals surface area contributed by atoms with Crippen LogP contribution in [0.2, 0.25) is 0 Å². The van der Waals surface area contributed by atoms with Gasteiger partial charge in [0.05, 0.1) is 6.26 Å². The quantitative estimate of drug-likeness (QED) is 0.724. The highest BCUT2D eigenvalue weighted by Gasteiger charge is 2.44. The predicted octanol–water partition coefficient (Wildman–Crippen LogP) is 3.22. The first-order valence-corrected chi connectivity index (χ1v) is 6.43. The van der Waals surface area contributed by atoms with Gasteiger partial charge in [0.15, 0.2) is 0 Å². The molecule has 1 aromatic rings. The first kappa shape index (κ1) is 10.4. The molecule has 1 aliphatic heterocycles. The van der Waals surface area contributed by atoms with E-state index in [4.69, 9.17) is 4.42 Å². The summed E-state index contributed by atoms with van der Waals surface area (Å²) in [6.45, 7) is 5.85. The van der Waals surface area contributed by atoms with Gasteiger partial charge in [0.25, 0.3) is 0 Å². The molecule has 2 nitrogen and oxygen atoms in total. The number of nitrogens with one attached hydrogen (secondary N) is 1. The maximum atomic E-state index is 5.61. The van der Waals surface area contributed by atoms with Crippen LogP contribution < -0.4 is 5.32 Å². The van der Waals surface area contributed by atoms with Crippen molar-refractivity contribution >= 4 is 0 Å². The molecule has 16 heavy (non-hydrogen) atoms. The summed E-state index contributed by atoms with van der Waals surface area (Å²) in [5, 5.41) is 3.77. The van der Waals surface area contributed by atoms with Gasteiger partial charge in [-0.1, -0.05) is 20.3 Å². The van der Waals surface area contributed by atoms with Gasteiger partial charge in [-0.15, -0.1) is 0 Å². The van der Waals surface area contributed by atoms with E-state index in [0.29, 0.717) is 5.41 Å². The Hall–Kier alpha value is -0.760. The normalized spacial score (nSPS) is 32.6. The van der Waals surface area contributed by atoms with Gasteiger partial charge in [0.1, 0.15) is 5.76 Å². The van der Waals surface area contributed by atoms with E-state index in [-0.39, 0.29) is 5.54 Å². The average molecular weight is 219 g/mol. The first-order chi connectivity index (χ1) is 7.61. The highest BCUT2D eigenvalue weighted by molar-refractivity contribution is 5.31. The number of hydrogen-bond acceptors (Lipinski definition) is 2. The fourth-order valence-corrected chi connectivity index (χ4v) is 3.71. The van der Waals surface area contributed by atoms with Gasteiger partial charge < -0.3 is 9.73 Å². The van der Waals surface area contributed by atoms with Crippen molar-refractivity contribution in [2.45, 2.75) is 51.5 Å². The van der Waals surface area contributed by atoms with Crippen molar-refractivity contribution in [3.05, 3.63) is 23.7 Å². The summed E-state index contributed by atoms with van der Waals surface area (Å²) in [5.74, 6) is 1.22. The van der Waals surface area contributed by atoms with Gasteiger partial charge in [-0.05, 0) is 30.7 Å². The fraction of sp³-hybridized carbons (Fsp3) is 0.714. The monoisotopic (exact) mass is 219 g/mol. The summed E-state index contributed by atoms with van der Waals surface area (Å²) < 4.78 is 5.61. The molecule has 2 heteroatoms. The standard InChI is InChI=1S/C14H21NO/c1-13(2)6-3-7-14(10-13)11-5-9-16-12(11)4-8-15-14/h5,9,15H,3-4,6-8,10H2,1-2H3. The average Bonchev–Trinajstić information content (AvgIpc) is 2.65. The molecule has 0 amide bonds. The maximum Gasteiger partial charge on any atom is 0.110 e. The molecule has 0 radical (unpaired) electrons. The van der Waals surface area contributed by atoms with Gasteiger partial charge in [-0.2, -0.15) is 0 Å². The summed E-state index contributed by atoms with van der Waals surface area (Å²) in [5.41, 5.74) is 2.10. The van der Waals surface area contributed by atoms with Crippen molar-refractivity contribution in [1.82, 2.24) is 5.32 Å². The van der Waals surface area contributed by atoms with Crippen LogP contribution in [0.25, 0.3) is 0 Å². The lowest BCUT2D eigenvalue weighted by atomic mass is 9.64. The zero-order chi connectivity index (χ0) is 11.2. The molecule has 88 valence electrons. The first-order valence-electron chi connectivity index (χ1n) is 6.43. The zero-order valence-electron chi connectivity index (χ0n) is 10.3. The van der Waals surface area contributed by atoms with Crippen LogP contribution in [0.1, 0.15) is 50.9 Å². The Labute approximate surface area is 97.4 Å². The van der Waals surface area contributed by atoms with Gasteiger partial charge in [0, 0.05) is 24.1 Å². The fourth-order valence-electron chi connectivity index (χ4n) is 3.71. The Morgan fingerprint density at radius 1 is 1.31 bits per heavy atom. The van der Waals surface area contributed by atoms with E-state index in [9.17, 15) is 0 Å². The highest BCUT2D eigenvalue weighted by atomic mass is 16.3. The molecule has 1 atom stereocenters. The molecular formula is C14H21NO. The van der Waals surface area contributed by atoms with Crippen LogP contribution in [0, 0.1) is 5.41 Å². The number of hydrogen-bond donors (Lipinski definition) is 1. The number of fused-ring (bicyclic) bond motifs is 2. The van der Waals surface area contributed by atoms with Crippen molar-refractivity contribution in [3.63, 3.8) is 0 Å². The van der Waals surface area contributed by atoms with E-state index in [2.05, 4.69) is 25.2 Å². The minimum atomic E-state index is 0.211. The molecule has 2 aliphatic rings. The van der Waals surface area contributed by atoms with Gasteiger partial charge in [-0.3, -0.25) is 0 Å². The molecule has 2 heterocycles. The van der Waals surface area contributed by atoms with E-state index >= 15 is 0 Å². The topological polar surface area (TPSA) is 25.2 Å². The van der Waals surface area contributed by atoms with E-state index in [1.807, 2.05) is 6.26 Å². The summed E-state index contributed by atoms with van der Waals surface area (Å²) in [6, 6.07) is 2.18. The van der Waals surface area contributed by atoms with E-state index in [1.165, 1.54) is 37.0 Å². The molecule has 0 aromatic carbocycles. The van der Waals surface area contributed by atoms with Crippen LogP contribution in [0.5, 0.6) is 0 Å². The third kappa shape index (κ3) is 1.51. The van der Waals surface area contributed by atoms with Crippen LogP contribution in [0.4, 0.5) is 0 Å². The lowest BCUT2D eigenvalue weighted by Gasteiger charge is -2.47. The minimum Gasteiger partial charge on any atom is -0.469 e. The van der Waals surface area contributed by atoms with Crippen LogP contribution in [-0.2, 0) is 12.0 Å². The Kier molecular flexibility index (Phi) is 2.19. The minimum absolute atomic E-state index is 0.211. The molecule has 0 saturated heterocycles. The second-order valence-corrected chi connectivity index (χ2v) is 6.21. The van der Waals surface area contributed by atoms with Crippen molar-refractivity contribution in [2.24, 2.45) is 5.41 Å². The Balaban J connectivity index is 2.00. The highest BCUT2D eigenvalue weighted by Crippen LogP contribution is 2.48. The molecular weight excluding hydrogens is 198 g/mol. The molecule has 1 spiro atoms. The third-order valence-electron chi connectivity index (χ3n) is 4.31. The Bertz CT molecular complexity index is 393. The molecule has 0 bridgehead atoms. The molecule has 1 fully saturated rings. The van der Waals surface area contributed by atoms with Crippen LogP contribution >= 0.6 is 0 Å². The van der Waals surface area contributed by atoms with Crippen molar-refractivity contribution in [1.29, 1.82) is 0 Å². The largest absolute Gasteiger partial charge is 0.469 e. The van der Waals surface area contributed by atoms with E-state index in [0.717, 1.165) is 13.0 Å². The molecule has 3 rings (SSSR count). The van der Waals surface area contributed by atoms with Crippen LogP contribution in [0.15, 0.2) is 16.7 Å². The van der Waals surface area contributed by atoms with Crippen molar-refractivity contribution in [3.8, 4) is 0 Å². The second kappa shape index (κ2) is 3.36. The SMILES string of the molecule is CC1(C)CCCC2(C1)NCCc1occc12. The summed E-state index contributed by atoms with van der Waals surface area (Å²) >= 11 is 0. The van der Waals surface area contributed by atoms with Gasteiger partial charge in [-0.25, -0.2) is 0 Å². The molecule has 1 N–H and O–H groups in total. The Morgan fingerprint density at radius 3 is 3.00 bits per heavy atom. The van der Waals surface area contributed by atoms with Crippen molar-refractivity contribution < 1.29 is 4.42 Å².